The molecule has 1 saturated heterocycles. The SMILES string of the molecule is O=C(CNc1ccc2c(c1)OCO2)N/N=C/C12c3ccccc3C(c3ccccc31)[C@@H]1C(=O)N(c3ccc(Br)cc3)C(=O)[C@H]12. The van der Waals surface area contributed by atoms with Crippen LogP contribution in [-0.4, -0.2) is 37.3 Å². The van der Waals surface area contributed by atoms with Crippen LogP contribution in [-0.2, 0) is 19.8 Å². The molecule has 2 bridgehead atoms. The maximum Gasteiger partial charge on any atom is 0.259 e. The minimum Gasteiger partial charge on any atom is -0.454 e. The number of hydrogen-bond donors (Lipinski definition) is 2. The second-order valence-electron chi connectivity index (χ2n) is 11.2. The van der Waals surface area contributed by atoms with Crippen LogP contribution in [0.1, 0.15) is 28.2 Å². The van der Waals surface area contributed by atoms with Gasteiger partial charge in [0.15, 0.2) is 11.5 Å². The van der Waals surface area contributed by atoms with Crippen LogP contribution in [0, 0.1) is 11.8 Å². The molecule has 0 saturated carbocycles. The molecular weight excluding hydrogens is 624 g/mol. The molecule has 0 radical (unpaired) electrons. The lowest BCUT2D eigenvalue weighted by molar-refractivity contribution is -0.122. The first-order valence-corrected chi connectivity index (χ1v) is 15.1. The molecule has 5 aliphatic rings. The summed E-state index contributed by atoms with van der Waals surface area (Å²) in [5, 5.41) is 7.53. The number of hydrazone groups is 1. The average molecular weight is 650 g/mol. The van der Waals surface area contributed by atoms with E-state index in [9.17, 15) is 14.4 Å². The fourth-order valence-electron chi connectivity index (χ4n) is 7.33. The van der Waals surface area contributed by atoms with Crippen LogP contribution in [0.4, 0.5) is 11.4 Å². The number of carbonyl (C=O) groups is 3. The normalized spacial score (nSPS) is 23.8. The summed E-state index contributed by atoms with van der Waals surface area (Å²) in [5.41, 5.74) is 6.62. The zero-order valence-electron chi connectivity index (χ0n) is 23.2. The molecule has 2 aliphatic heterocycles. The van der Waals surface area contributed by atoms with Gasteiger partial charge in [-0.15, -0.1) is 0 Å². The molecule has 9 nitrogen and oxygen atoms in total. The van der Waals surface area contributed by atoms with Gasteiger partial charge >= 0.3 is 0 Å². The molecule has 1 fully saturated rings. The third-order valence-corrected chi connectivity index (χ3v) is 9.58. The van der Waals surface area contributed by atoms with Gasteiger partial charge in [0, 0.05) is 28.4 Å². The summed E-state index contributed by atoms with van der Waals surface area (Å²) in [5.74, 6) is -1.25. The van der Waals surface area contributed by atoms with E-state index in [0.717, 1.165) is 26.7 Å². The van der Waals surface area contributed by atoms with Gasteiger partial charge in [-0.25, -0.2) is 10.3 Å². The first-order chi connectivity index (χ1) is 21.5. The van der Waals surface area contributed by atoms with E-state index in [0.29, 0.717) is 22.9 Å². The first kappa shape index (κ1) is 26.7. The highest BCUT2D eigenvalue weighted by atomic mass is 79.9. The van der Waals surface area contributed by atoms with Crippen LogP contribution in [0.15, 0.2) is 101 Å². The summed E-state index contributed by atoms with van der Waals surface area (Å²) in [4.78, 5) is 42.9. The smallest absolute Gasteiger partial charge is 0.259 e. The number of amides is 3. The number of nitrogens with one attached hydrogen (secondary N) is 2. The molecule has 0 unspecified atom stereocenters. The number of benzene rings is 4. The Bertz CT molecular complexity index is 1840. The topological polar surface area (TPSA) is 109 Å². The van der Waals surface area contributed by atoms with Gasteiger partial charge in [0.1, 0.15) is 0 Å². The molecular formula is C34H25BrN4O5. The van der Waals surface area contributed by atoms with Crippen molar-refractivity contribution < 1.29 is 23.9 Å². The Labute approximate surface area is 261 Å². The molecule has 4 aromatic carbocycles. The highest BCUT2D eigenvalue weighted by molar-refractivity contribution is 9.10. The van der Waals surface area contributed by atoms with E-state index >= 15 is 0 Å². The van der Waals surface area contributed by atoms with Gasteiger partial charge in [-0.1, -0.05) is 64.5 Å². The maximum absolute atomic E-state index is 14.4. The predicted molar refractivity (Wildman–Crippen MR) is 167 cm³/mol. The number of fused-ring (bicyclic) bond motifs is 1. The Morgan fingerprint density at radius 1 is 0.909 bits per heavy atom. The zero-order chi connectivity index (χ0) is 30.0. The molecule has 0 spiro atoms. The number of carbonyl (C=O) groups excluding carboxylic acids is 3. The van der Waals surface area contributed by atoms with Crippen molar-refractivity contribution in [2.75, 3.05) is 23.6 Å². The minimum atomic E-state index is -1.07. The molecule has 2 heterocycles. The van der Waals surface area contributed by atoms with E-state index < -0.39 is 17.3 Å². The third-order valence-electron chi connectivity index (χ3n) is 9.05. The lowest BCUT2D eigenvalue weighted by Gasteiger charge is -2.52. The number of nitrogens with zero attached hydrogens (tertiary/aromatic N) is 2. The van der Waals surface area contributed by atoms with Crippen LogP contribution in [0.25, 0.3) is 0 Å². The van der Waals surface area contributed by atoms with Crippen molar-refractivity contribution in [1.82, 2.24) is 5.43 Å². The van der Waals surface area contributed by atoms with Crippen molar-refractivity contribution in [2.24, 2.45) is 16.9 Å². The van der Waals surface area contributed by atoms with E-state index in [1.54, 1.807) is 36.5 Å². The van der Waals surface area contributed by atoms with Crippen LogP contribution in [0.5, 0.6) is 11.5 Å². The summed E-state index contributed by atoms with van der Waals surface area (Å²) in [6.07, 6.45) is 1.66. The van der Waals surface area contributed by atoms with Crippen molar-refractivity contribution in [3.63, 3.8) is 0 Å². The molecule has 4 aromatic rings. The summed E-state index contributed by atoms with van der Waals surface area (Å²) < 4.78 is 11.6. The summed E-state index contributed by atoms with van der Waals surface area (Å²) >= 11 is 3.44. The van der Waals surface area contributed by atoms with Gasteiger partial charge in [0.05, 0.1) is 29.5 Å². The van der Waals surface area contributed by atoms with E-state index in [-0.39, 0.29) is 37.0 Å². The fourth-order valence-corrected chi connectivity index (χ4v) is 7.59. The Hall–Kier alpha value is -4.96. The zero-order valence-corrected chi connectivity index (χ0v) is 24.8. The second-order valence-corrected chi connectivity index (χ2v) is 12.1. The number of hydrogen-bond acceptors (Lipinski definition) is 7. The van der Waals surface area contributed by atoms with Gasteiger partial charge in [0.25, 0.3) is 5.91 Å². The van der Waals surface area contributed by atoms with E-state index in [4.69, 9.17) is 9.47 Å². The van der Waals surface area contributed by atoms with Crippen LogP contribution in [0.2, 0.25) is 0 Å². The lowest BCUT2D eigenvalue weighted by atomic mass is 9.47. The third kappa shape index (κ3) is 3.83. The van der Waals surface area contributed by atoms with Crippen molar-refractivity contribution in [2.45, 2.75) is 11.3 Å². The highest BCUT2D eigenvalue weighted by Gasteiger charge is 2.68. The Morgan fingerprint density at radius 3 is 2.32 bits per heavy atom. The molecule has 3 amide bonds. The molecule has 44 heavy (non-hydrogen) atoms. The van der Waals surface area contributed by atoms with Crippen molar-refractivity contribution in [3.8, 4) is 11.5 Å². The van der Waals surface area contributed by atoms with Crippen molar-refractivity contribution in [3.05, 3.63) is 118 Å². The molecule has 2 atom stereocenters. The lowest BCUT2D eigenvalue weighted by Crippen LogP contribution is -2.54. The number of halogens is 1. The minimum absolute atomic E-state index is 0.0416. The van der Waals surface area contributed by atoms with Crippen LogP contribution < -0.4 is 25.1 Å². The second kappa shape index (κ2) is 10.1. The van der Waals surface area contributed by atoms with Gasteiger partial charge in [0.2, 0.25) is 18.6 Å². The monoisotopic (exact) mass is 648 g/mol. The summed E-state index contributed by atoms with van der Waals surface area (Å²) in [6, 6.07) is 28.4. The quantitative estimate of drug-likeness (QED) is 0.174. The van der Waals surface area contributed by atoms with Gasteiger partial charge < -0.3 is 14.8 Å². The van der Waals surface area contributed by atoms with E-state index in [1.165, 1.54) is 4.90 Å². The number of rotatable bonds is 6. The average Bonchev–Trinajstić information content (AvgIpc) is 3.62. The van der Waals surface area contributed by atoms with Gasteiger partial charge in [-0.3, -0.25) is 14.4 Å². The highest BCUT2D eigenvalue weighted by Crippen LogP contribution is 2.63. The maximum atomic E-state index is 14.4. The van der Waals surface area contributed by atoms with Crippen molar-refractivity contribution >= 4 is 51.2 Å². The molecule has 2 N–H and O–H groups in total. The summed E-state index contributed by atoms with van der Waals surface area (Å²) in [7, 11) is 0. The Balaban J connectivity index is 1.16. The number of anilines is 2. The predicted octanol–water partition coefficient (Wildman–Crippen LogP) is 4.94. The van der Waals surface area contributed by atoms with Crippen LogP contribution in [0.3, 0.4) is 0 Å². The van der Waals surface area contributed by atoms with E-state index in [1.807, 2.05) is 60.7 Å². The standard InChI is InChI=1S/C34H25BrN4O5/c35-19-9-12-21(13-10-19)39-32(41)30-29-22-5-1-3-7-24(22)34(31(30)33(39)42,25-8-4-2-6-23(25)29)17-37-38-28(40)16-36-20-11-14-26-27(15-20)44-18-43-26/h1-15,17,29-31,36H,16,18H2,(H,38,40)/b37-17+/t29?,30-,31-,34?/m0/s1. The van der Waals surface area contributed by atoms with Gasteiger partial charge in [-0.2, -0.15) is 5.10 Å². The Morgan fingerprint density at radius 2 is 1.59 bits per heavy atom. The fraction of sp³-hybridized carbons (Fsp3) is 0.176. The largest absolute Gasteiger partial charge is 0.454 e. The molecule has 3 aliphatic carbocycles. The number of ether oxygens (including phenoxy) is 2. The molecule has 0 aromatic heterocycles. The summed E-state index contributed by atoms with van der Waals surface area (Å²) in [6.45, 7) is 0.125. The Kier molecular flexibility index (Phi) is 6.09. The molecule has 9 rings (SSSR count). The van der Waals surface area contributed by atoms with Gasteiger partial charge in [-0.05, 0) is 58.7 Å². The molecule has 10 heteroatoms. The molecule has 218 valence electrons. The van der Waals surface area contributed by atoms with E-state index in [2.05, 4.69) is 31.8 Å². The van der Waals surface area contributed by atoms with Crippen molar-refractivity contribution in [1.29, 1.82) is 0 Å². The number of imide groups is 1. The first-order valence-electron chi connectivity index (χ1n) is 14.3. The van der Waals surface area contributed by atoms with Crippen LogP contribution >= 0.6 is 15.9 Å².